The van der Waals surface area contributed by atoms with E-state index in [9.17, 15) is 14.7 Å². The lowest BCUT2D eigenvalue weighted by Crippen LogP contribution is -2.63. The second-order valence-corrected chi connectivity index (χ2v) is 12.2. The van der Waals surface area contributed by atoms with Gasteiger partial charge in [0.25, 0.3) is 0 Å². The number of carbonyl (C=O) groups excluding carboxylic acids is 2. The number of fused-ring (bicyclic) bond motifs is 3. The first kappa shape index (κ1) is 24.5. The first-order chi connectivity index (χ1) is 16.3. The second-order valence-electron chi connectivity index (χ2n) is 12.2. The third kappa shape index (κ3) is 4.41. The molecule has 7 atom stereocenters. The van der Waals surface area contributed by atoms with Crippen molar-refractivity contribution in [2.75, 3.05) is 26.2 Å². The van der Waals surface area contributed by atoms with E-state index in [2.05, 4.69) is 19.2 Å². The molecule has 0 bridgehead atoms. The van der Waals surface area contributed by atoms with E-state index >= 15 is 0 Å². The molecule has 192 valence electrons. The van der Waals surface area contributed by atoms with Gasteiger partial charge in [-0.15, -0.1) is 0 Å². The van der Waals surface area contributed by atoms with Crippen LogP contribution in [0.25, 0.3) is 0 Å². The monoisotopic (exact) mass is 476 g/mol. The summed E-state index contributed by atoms with van der Waals surface area (Å²) in [4.78, 5) is 27.5. The molecule has 2 N–H and O–H groups in total. The minimum absolute atomic E-state index is 0.0134. The van der Waals surface area contributed by atoms with Crippen molar-refractivity contribution in [3.63, 3.8) is 0 Å². The van der Waals surface area contributed by atoms with Gasteiger partial charge in [0, 0.05) is 30.8 Å². The van der Waals surface area contributed by atoms with Gasteiger partial charge in [-0.05, 0) is 68.6 Å². The molecule has 0 aromatic heterocycles. The van der Waals surface area contributed by atoms with E-state index in [-0.39, 0.29) is 40.6 Å². The topological polar surface area (TPSA) is 88.1 Å². The molecule has 5 rings (SSSR count). The summed E-state index contributed by atoms with van der Waals surface area (Å²) in [6.07, 6.45) is 9.72. The Bertz CT molecular complexity index is 764. The molecule has 0 aromatic rings. The fraction of sp³-hybridized carbons (Fsp3) is 0.926. The highest BCUT2D eigenvalue weighted by Crippen LogP contribution is 2.62. The summed E-state index contributed by atoms with van der Waals surface area (Å²) in [5.74, 6) is 0.831. The Labute approximate surface area is 204 Å². The minimum atomic E-state index is -0.420. The molecule has 5 aliphatic rings. The summed E-state index contributed by atoms with van der Waals surface area (Å²) in [7, 11) is 0. The summed E-state index contributed by atoms with van der Waals surface area (Å²) in [5, 5.41) is 14.1. The molecule has 3 aliphatic carbocycles. The summed E-state index contributed by atoms with van der Waals surface area (Å²) < 4.78 is 12.7. The van der Waals surface area contributed by atoms with Crippen LogP contribution in [0.2, 0.25) is 0 Å². The van der Waals surface area contributed by atoms with Gasteiger partial charge in [-0.25, -0.2) is 0 Å². The Morgan fingerprint density at radius 3 is 2.47 bits per heavy atom. The molecule has 3 saturated carbocycles. The van der Waals surface area contributed by atoms with Gasteiger partial charge >= 0.3 is 0 Å². The normalized spacial score (nSPS) is 42.8. The second kappa shape index (κ2) is 9.70. The average molecular weight is 477 g/mol. The summed E-state index contributed by atoms with van der Waals surface area (Å²) in [6, 6.07) is 0. The van der Waals surface area contributed by atoms with Crippen LogP contribution < -0.4 is 5.32 Å². The van der Waals surface area contributed by atoms with Gasteiger partial charge in [-0.1, -0.05) is 26.7 Å². The van der Waals surface area contributed by atoms with Gasteiger partial charge in [-0.3, -0.25) is 9.59 Å². The van der Waals surface area contributed by atoms with Crippen LogP contribution in [0.4, 0.5) is 0 Å². The highest BCUT2D eigenvalue weighted by molar-refractivity contribution is 5.78. The third-order valence-electron chi connectivity index (χ3n) is 10.3. The quantitative estimate of drug-likeness (QED) is 0.636. The standard InChI is InChI=1S/C27H44N2O5/c1-26-12-11-22-27(2,17-33-24(34-22)16-28-25(32)18-7-3-4-8-18)21(26)10-9-20(30)19(26)15-23(31)29-13-5-6-14-29/h18-22,24,30H,3-17H2,1-2H3,(H,28,32)/t19-,20-,21+,22-,24-,26+,27+/m1/s1. The van der Waals surface area contributed by atoms with Gasteiger partial charge < -0.3 is 24.8 Å². The van der Waals surface area contributed by atoms with Gasteiger partial charge in [0.1, 0.15) is 0 Å². The zero-order valence-corrected chi connectivity index (χ0v) is 21.1. The number of rotatable bonds is 5. The summed E-state index contributed by atoms with van der Waals surface area (Å²) in [6.45, 7) is 7.33. The molecule has 2 amide bonds. The van der Waals surface area contributed by atoms with Crippen molar-refractivity contribution < 1.29 is 24.2 Å². The summed E-state index contributed by atoms with van der Waals surface area (Å²) in [5.41, 5.74) is -0.247. The van der Waals surface area contributed by atoms with Crippen LogP contribution in [0.1, 0.15) is 84.5 Å². The molecule has 0 radical (unpaired) electrons. The van der Waals surface area contributed by atoms with Crippen LogP contribution in [-0.2, 0) is 19.1 Å². The highest BCUT2D eigenvalue weighted by atomic mass is 16.7. The van der Waals surface area contributed by atoms with Crippen LogP contribution in [0.15, 0.2) is 0 Å². The van der Waals surface area contributed by atoms with Crippen molar-refractivity contribution in [2.24, 2.45) is 28.6 Å². The zero-order chi connectivity index (χ0) is 23.9. The van der Waals surface area contributed by atoms with Crippen LogP contribution in [-0.4, -0.2) is 66.6 Å². The van der Waals surface area contributed by atoms with E-state index in [1.54, 1.807) is 0 Å². The Morgan fingerprint density at radius 1 is 1.00 bits per heavy atom. The van der Waals surface area contributed by atoms with Crippen LogP contribution in [0, 0.1) is 28.6 Å². The fourth-order valence-electron chi connectivity index (χ4n) is 8.19. The Balaban J connectivity index is 1.23. The number of amides is 2. The maximum absolute atomic E-state index is 13.0. The van der Waals surface area contributed by atoms with E-state index < -0.39 is 12.4 Å². The molecule has 2 saturated heterocycles. The number of hydrogen-bond acceptors (Lipinski definition) is 5. The van der Waals surface area contributed by atoms with Gasteiger partial charge in [0.05, 0.1) is 25.4 Å². The number of aliphatic hydroxyl groups is 1. The number of hydrogen-bond donors (Lipinski definition) is 2. The smallest absolute Gasteiger partial charge is 0.223 e. The lowest BCUT2D eigenvalue weighted by Gasteiger charge is -2.63. The SMILES string of the molecule is C[C@@]12CO[C@@H](CNC(=O)C3CCCC3)O[C@@H]1CC[C@]1(C)[C@@H]2CC[C@@H](O)[C@H]1CC(=O)N1CCCC1. The molecule has 0 unspecified atom stereocenters. The molecule has 7 nitrogen and oxygen atoms in total. The molecule has 5 fully saturated rings. The maximum Gasteiger partial charge on any atom is 0.223 e. The molecular weight excluding hydrogens is 432 g/mol. The molecule has 7 heteroatoms. The molecule has 34 heavy (non-hydrogen) atoms. The number of ether oxygens (including phenoxy) is 2. The zero-order valence-electron chi connectivity index (χ0n) is 21.1. The van der Waals surface area contributed by atoms with Gasteiger partial charge in [0.2, 0.25) is 11.8 Å². The van der Waals surface area contributed by atoms with Crippen molar-refractivity contribution in [3.8, 4) is 0 Å². The van der Waals surface area contributed by atoms with E-state index in [1.165, 1.54) is 0 Å². The molecule has 0 aromatic carbocycles. The summed E-state index contributed by atoms with van der Waals surface area (Å²) >= 11 is 0. The number of aliphatic hydroxyl groups excluding tert-OH is 1. The predicted octanol–water partition coefficient (Wildman–Crippen LogP) is 3.24. The van der Waals surface area contributed by atoms with Gasteiger partial charge in [-0.2, -0.15) is 0 Å². The molecule has 2 heterocycles. The Kier molecular flexibility index (Phi) is 6.99. The Hall–Kier alpha value is -1.18. The van der Waals surface area contributed by atoms with Crippen LogP contribution in [0.5, 0.6) is 0 Å². The number of nitrogens with one attached hydrogen (secondary N) is 1. The highest BCUT2D eigenvalue weighted by Gasteiger charge is 2.61. The first-order valence-electron chi connectivity index (χ1n) is 13.8. The van der Waals surface area contributed by atoms with E-state index in [1.807, 2.05) is 4.90 Å². The van der Waals surface area contributed by atoms with Crippen molar-refractivity contribution in [3.05, 3.63) is 0 Å². The van der Waals surface area contributed by atoms with E-state index in [0.29, 0.717) is 25.5 Å². The van der Waals surface area contributed by atoms with Crippen molar-refractivity contribution in [1.29, 1.82) is 0 Å². The van der Waals surface area contributed by atoms with E-state index in [0.717, 1.165) is 77.3 Å². The number of likely N-dealkylation sites (tertiary alicyclic amines) is 1. The van der Waals surface area contributed by atoms with E-state index in [4.69, 9.17) is 9.47 Å². The minimum Gasteiger partial charge on any atom is -0.393 e. The largest absolute Gasteiger partial charge is 0.393 e. The molecule has 0 spiro atoms. The molecule has 2 aliphatic heterocycles. The van der Waals surface area contributed by atoms with Gasteiger partial charge in [0.15, 0.2) is 6.29 Å². The van der Waals surface area contributed by atoms with Crippen molar-refractivity contribution in [2.45, 2.75) is 103 Å². The fourth-order valence-corrected chi connectivity index (χ4v) is 8.19. The Morgan fingerprint density at radius 2 is 1.74 bits per heavy atom. The van der Waals surface area contributed by atoms with Crippen LogP contribution >= 0.6 is 0 Å². The first-order valence-corrected chi connectivity index (χ1v) is 13.8. The lowest BCUT2D eigenvalue weighted by molar-refractivity contribution is -0.306. The number of nitrogens with zero attached hydrogens (tertiary/aromatic N) is 1. The third-order valence-corrected chi connectivity index (χ3v) is 10.3. The van der Waals surface area contributed by atoms with Crippen molar-refractivity contribution in [1.82, 2.24) is 10.2 Å². The lowest BCUT2D eigenvalue weighted by atomic mass is 9.46. The average Bonchev–Trinajstić information content (AvgIpc) is 3.54. The number of carbonyl (C=O) groups is 2. The van der Waals surface area contributed by atoms with Crippen LogP contribution in [0.3, 0.4) is 0 Å². The maximum atomic E-state index is 13.0. The predicted molar refractivity (Wildman–Crippen MR) is 128 cm³/mol. The molecular formula is C27H44N2O5. The van der Waals surface area contributed by atoms with Crippen molar-refractivity contribution >= 4 is 11.8 Å².